The van der Waals surface area contributed by atoms with Crippen LogP contribution in [-0.2, 0) is 4.79 Å². The molecule has 2 heterocycles. The summed E-state index contributed by atoms with van der Waals surface area (Å²) in [5.74, 6) is 1.08. The van der Waals surface area contributed by atoms with E-state index in [9.17, 15) is 4.79 Å². The van der Waals surface area contributed by atoms with E-state index in [1.54, 1.807) is 24.2 Å². The number of aromatic nitrogens is 2. The van der Waals surface area contributed by atoms with Gasteiger partial charge in [0, 0.05) is 36.3 Å². The second-order valence-electron chi connectivity index (χ2n) is 8.00. The van der Waals surface area contributed by atoms with Crippen molar-refractivity contribution in [3.05, 3.63) is 78.1 Å². The molecule has 1 N–H and O–H groups in total. The molecule has 1 amide bonds. The smallest absolute Gasteiger partial charge is 0.223 e. The van der Waals surface area contributed by atoms with Crippen LogP contribution in [0.25, 0.3) is 0 Å². The van der Waals surface area contributed by atoms with Crippen molar-refractivity contribution in [2.75, 3.05) is 18.0 Å². The van der Waals surface area contributed by atoms with Crippen molar-refractivity contribution < 1.29 is 4.79 Å². The van der Waals surface area contributed by atoms with Crippen LogP contribution in [0.1, 0.15) is 36.9 Å². The standard InChI is InChI=1S/C25H28N4OS/c1-18-8-10-22(11-9-18)31-25-23(26-14-15-27-25)29-16-12-21(13-17-29)24(30)28-19(2)20-6-4-3-5-7-20/h3-11,14-15,19,21H,12-13,16-17H2,1-2H3,(H,28,30)/t19-/m0/s1. The molecule has 1 fully saturated rings. The fourth-order valence-corrected chi connectivity index (χ4v) is 4.72. The van der Waals surface area contributed by atoms with Gasteiger partial charge in [0.1, 0.15) is 5.03 Å². The van der Waals surface area contributed by atoms with E-state index in [-0.39, 0.29) is 17.9 Å². The first-order chi connectivity index (χ1) is 15.1. The van der Waals surface area contributed by atoms with E-state index in [1.165, 1.54) is 5.56 Å². The van der Waals surface area contributed by atoms with E-state index < -0.39 is 0 Å². The van der Waals surface area contributed by atoms with E-state index in [1.807, 2.05) is 25.1 Å². The predicted octanol–water partition coefficient (Wildman–Crippen LogP) is 5.03. The summed E-state index contributed by atoms with van der Waals surface area (Å²) in [7, 11) is 0. The molecule has 1 saturated heterocycles. The van der Waals surface area contributed by atoms with Crippen molar-refractivity contribution in [2.24, 2.45) is 5.92 Å². The first-order valence-electron chi connectivity index (χ1n) is 10.8. The highest BCUT2D eigenvalue weighted by Crippen LogP contribution is 2.34. The van der Waals surface area contributed by atoms with Crippen molar-refractivity contribution in [1.82, 2.24) is 15.3 Å². The Morgan fingerprint density at radius 3 is 2.42 bits per heavy atom. The number of anilines is 1. The zero-order valence-corrected chi connectivity index (χ0v) is 18.8. The molecule has 160 valence electrons. The Hall–Kier alpha value is -2.86. The van der Waals surface area contributed by atoms with E-state index in [4.69, 9.17) is 0 Å². The number of hydrogen-bond donors (Lipinski definition) is 1. The Balaban J connectivity index is 1.36. The average Bonchev–Trinajstić information content (AvgIpc) is 2.81. The lowest BCUT2D eigenvalue weighted by Gasteiger charge is -2.33. The summed E-state index contributed by atoms with van der Waals surface area (Å²) >= 11 is 1.64. The van der Waals surface area contributed by atoms with Gasteiger partial charge in [-0.2, -0.15) is 0 Å². The third-order valence-electron chi connectivity index (χ3n) is 5.71. The molecule has 0 saturated carbocycles. The molecule has 31 heavy (non-hydrogen) atoms. The number of carbonyl (C=O) groups is 1. The largest absolute Gasteiger partial charge is 0.354 e. The Morgan fingerprint density at radius 2 is 1.71 bits per heavy atom. The highest BCUT2D eigenvalue weighted by atomic mass is 32.2. The number of carbonyl (C=O) groups excluding carboxylic acids is 1. The minimum absolute atomic E-state index is 0.0178. The average molecular weight is 433 g/mol. The number of hydrogen-bond acceptors (Lipinski definition) is 5. The Labute approximate surface area is 188 Å². The number of rotatable bonds is 6. The number of benzene rings is 2. The number of nitrogens with one attached hydrogen (secondary N) is 1. The van der Waals surface area contributed by atoms with Gasteiger partial charge in [0.05, 0.1) is 6.04 Å². The molecule has 1 aliphatic heterocycles. The van der Waals surface area contributed by atoms with Gasteiger partial charge in [-0.15, -0.1) is 0 Å². The zero-order chi connectivity index (χ0) is 21.6. The van der Waals surface area contributed by atoms with Gasteiger partial charge in [0.25, 0.3) is 0 Å². The zero-order valence-electron chi connectivity index (χ0n) is 18.0. The Morgan fingerprint density at radius 1 is 1.03 bits per heavy atom. The molecule has 0 bridgehead atoms. The second kappa shape index (κ2) is 9.96. The molecular weight excluding hydrogens is 404 g/mol. The van der Waals surface area contributed by atoms with Gasteiger partial charge >= 0.3 is 0 Å². The lowest BCUT2D eigenvalue weighted by Crippen LogP contribution is -2.41. The van der Waals surface area contributed by atoms with Crippen molar-refractivity contribution in [1.29, 1.82) is 0 Å². The van der Waals surface area contributed by atoms with Crippen LogP contribution in [0.3, 0.4) is 0 Å². The molecule has 1 aliphatic rings. The van der Waals surface area contributed by atoms with Crippen LogP contribution in [0.15, 0.2) is 76.9 Å². The maximum absolute atomic E-state index is 12.8. The SMILES string of the molecule is Cc1ccc(Sc2nccnc2N2CCC(C(=O)N[C@@H](C)c3ccccc3)CC2)cc1. The van der Waals surface area contributed by atoms with Crippen molar-refractivity contribution >= 4 is 23.5 Å². The van der Waals surface area contributed by atoms with E-state index in [0.717, 1.165) is 47.2 Å². The summed E-state index contributed by atoms with van der Waals surface area (Å²) < 4.78 is 0. The molecule has 5 nitrogen and oxygen atoms in total. The summed E-state index contributed by atoms with van der Waals surface area (Å²) in [5, 5.41) is 4.09. The van der Waals surface area contributed by atoms with E-state index >= 15 is 0 Å². The van der Waals surface area contributed by atoms with E-state index in [0.29, 0.717) is 0 Å². The monoisotopic (exact) mass is 432 g/mol. The summed E-state index contributed by atoms with van der Waals surface area (Å²) in [6.07, 6.45) is 5.12. The maximum Gasteiger partial charge on any atom is 0.223 e. The van der Waals surface area contributed by atoms with Gasteiger partial charge < -0.3 is 10.2 Å². The molecule has 2 aromatic carbocycles. The molecule has 1 atom stereocenters. The van der Waals surface area contributed by atoms with Crippen molar-refractivity contribution in [3.63, 3.8) is 0 Å². The fourth-order valence-electron chi connectivity index (χ4n) is 3.83. The maximum atomic E-state index is 12.8. The van der Waals surface area contributed by atoms with Crippen LogP contribution in [0.4, 0.5) is 5.82 Å². The molecule has 0 unspecified atom stereocenters. The summed E-state index contributed by atoms with van der Waals surface area (Å²) in [5.41, 5.74) is 2.37. The molecule has 0 aliphatic carbocycles. The van der Waals surface area contributed by atoms with Crippen molar-refractivity contribution in [3.8, 4) is 0 Å². The molecule has 3 aromatic rings. The third kappa shape index (κ3) is 5.44. The Kier molecular flexibility index (Phi) is 6.87. The van der Waals surface area contributed by atoms with Crippen LogP contribution in [0.5, 0.6) is 0 Å². The predicted molar refractivity (Wildman–Crippen MR) is 125 cm³/mol. The molecule has 1 aromatic heterocycles. The van der Waals surface area contributed by atoms with Gasteiger partial charge in [-0.25, -0.2) is 9.97 Å². The summed E-state index contributed by atoms with van der Waals surface area (Å²) in [4.78, 5) is 25.4. The van der Waals surface area contributed by atoms with Gasteiger partial charge in [-0.1, -0.05) is 59.8 Å². The topological polar surface area (TPSA) is 58.1 Å². The van der Waals surface area contributed by atoms with Crippen LogP contribution in [0.2, 0.25) is 0 Å². The number of piperidine rings is 1. The third-order valence-corrected chi connectivity index (χ3v) is 6.69. The molecule has 6 heteroatoms. The fraction of sp³-hybridized carbons (Fsp3) is 0.320. The van der Waals surface area contributed by atoms with Gasteiger partial charge in [-0.05, 0) is 44.4 Å². The Bertz CT molecular complexity index is 1000. The van der Waals surface area contributed by atoms with Gasteiger partial charge in [0.2, 0.25) is 5.91 Å². The van der Waals surface area contributed by atoms with E-state index in [2.05, 4.69) is 63.5 Å². The van der Waals surface area contributed by atoms with Crippen molar-refractivity contribution in [2.45, 2.75) is 42.7 Å². The molecule has 4 rings (SSSR count). The minimum Gasteiger partial charge on any atom is -0.354 e. The highest BCUT2D eigenvalue weighted by Gasteiger charge is 2.28. The lowest BCUT2D eigenvalue weighted by atomic mass is 9.95. The van der Waals surface area contributed by atoms with Crippen LogP contribution < -0.4 is 10.2 Å². The number of amides is 1. The van der Waals surface area contributed by atoms with Crippen LogP contribution >= 0.6 is 11.8 Å². The minimum atomic E-state index is 0.0178. The van der Waals surface area contributed by atoms with Crippen LogP contribution in [0, 0.1) is 12.8 Å². The molecule has 0 radical (unpaired) electrons. The normalized spacial score (nSPS) is 15.5. The molecular formula is C25H28N4OS. The highest BCUT2D eigenvalue weighted by molar-refractivity contribution is 7.99. The summed E-state index contributed by atoms with van der Waals surface area (Å²) in [6, 6.07) is 18.6. The number of nitrogens with zero attached hydrogens (tertiary/aromatic N) is 3. The lowest BCUT2D eigenvalue weighted by molar-refractivity contribution is -0.126. The van der Waals surface area contributed by atoms with Gasteiger partial charge in [-0.3, -0.25) is 4.79 Å². The van der Waals surface area contributed by atoms with Crippen LogP contribution in [-0.4, -0.2) is 29.0 Å². The van der Waals surface area contributed by atoms with Gasteiger partial charge in [0.15, 0.2) is 5.82 Å². The summed E-state index contributed by atoms with van der Waals surface area (Å²) in [6.45, 7) is 5.73. The number of aryl methyl sites for hydroxylation is 1. The first-order valence-corrected chi connectivity index (χ1v) is 11.6. The molecule has 0 spiro atoms. The second-order valence-corrected chi connectivity index (χ2v) is 9.06. The quantitative estimate of drug-likeness (QED) is 0.592. The first kappa shape index (κ1) is 21.4.